The predicted octanol–water partition coefficient (Wildman–Crippen LogP) is 2.42. The van der Waals surface area contributed by atoms with Crippen molar-refractivity contribution < 1.29 is 22.7 Å². The maximum atomic E-state index is 12.9. The number of rotatable bonds is 7. The molecule has 1 aliphatic rings. The first-order chi connectivity index (χ1) is 13.9. The molecular weight excluding hydrogens is 392 g/mol. The number of benzene rings is 2. The van der Waals surface area contributed by atoms with E-state index in [1.165, 1.54) is 23.5 Å². The SMILES string of the molecule is COc1ccc(S(=O)(=O)N2CCC[C@H](C(=O)NCc3cccc(OC)c3)C2)cc1. The molecule has 1 heterocycles. The molecule has 0 spiro atoms. The number of ether oxygens (including phenoxy) is 2. The summed E-state index contributed by atoms with van der Waals surface area (Å²) in [6, 6.07) is 13.8. The highest BCUT2D eigenvalue weighted by atomic mass is 32.2. The fourth-order valence-electron chi connectivity index (χ4n) is 3.39. The molecule has 29 heavy (non-hydrogen) atoms. The first-order valence-electron chi connectivity index (χ1n) is 9.49. The number of nitrogens with one attached hydrogen (secondary N) is 1. The Morgan fingerprint density at radius 2 is 1.83 bits per heavy atom. The van der Waals surface area contributed by atoms with Gasteiger partial charge < -0.3 is 14.8 Å². The third-order valence-electron chi connectivity index (χ3n) is 5.05. The molecule has 3 rings (SSSR count). The van der Waals surface area contributed by atoms with Gasteiger partial charge in [-0.25, -0.2) is 8.42 Å². The van der Waals surface area contributed by atoms with Crippen LogP contribution in [-0.4, -0.2) is 45.9 Å². The molecule has 1 atom stereocenters. The van der Waals surface area contributed by atoms with Crippen molar-refractivity contribution in [3.63, 3.8) is 0 Å². The van der Waals surface area contributed by atoms with E-state index in [1.54, 1.807) is 19.2 Å². The number of carbonyl (C=O) groups is 1. The van der Waals surface area contributed by atoms with Gasteiger partial charge in [0.15, 0.2) is 0 Å². The Bertz CT molecular complexity index is 944. The van der Waals surface area contributed by atoms with Crippen molar-refractivity contribution in [1.82, 2.24) is 9.62 Å². The number of hydrogen-bond acceptors (Lipinski definition) is 5. The molecule has 8 heteroatoms. The lowest BCUT2D eigenvalue weighted by molar-refractivity contribution is -0.126. The van der Waals surface area contributed by atoms with E-state index in [0.29, 0.717) is 31.7 Å². The Labute approximate surface area is 171 Å². The summed E-state index contributed by atoms with van der Waals surface area (Å²) in [5.41, 5.74) is 0.927. The lowest BCUT2D eigenvalue weighted by atomic mass is 9.99. The van der Waals surface area contributed by atoms with Crippen molar-refractivity contribution in [2.24, 2.45) is 5.92 Å². The maximum Gasteiger partial charge on any atom is 0.243 e. The first-order valence-corrected chi connectivity index (χ1v) is 10.9. The third-order valence-corrected chi connectivity index (χ3v) is 6.93. The number of amides is 1. The smallest absolute Gasteiger partial charge is 0.243 e. The summed E-state index contributed by atoms with van der Waals surface area (Å²) < 4.78 is 37.6. The van der Waals surface area contributed by atoms with Gasteiger partial charge >= 0.3 is 0 Å². The van der Waals surface area contributed by atoms with Gasteiger partial charge in [0.05, 0.1) is 25.0 Å². The molecule has 2 aromatic carbocycles. The zero-order chi connectivity index (χ0) is 20.9. The summed E-state index contributed by atoms with van der Waals surface area (Å²) in [5.74, 6) is 0.813. The van der Waals surface area contributed by atoms with Crippen molar-refractivity contribution in [2.45, 2.75) is 24.3 Å². The number of sulfonamides is 1. The summed E-state index contributed by atoms with van der Waals surface area (Å²) >= 11 is 0. The second-order valence-electron chi connectivity index (χ2n) is 6.95. The van der Waals surface area contributed by atoms with Crippen LogP contribution in [0.5, 0.6) is 11.5 Å². The minimum atomic E-state index is -3.65. The van der Waals surface area contributed by atoms with Crippen molar-refractivity contribution in [3.8, 4) is 11.5 Å². The van der Waals surface area contributed by atoms with Gasteiger partial charge in [-0.3, -0.25) is 4.79 Å². The van der Waals surface area contributed by atoms with E-state index in [9.17, 15) is 13.2 Å². The molecule has 156 valence electrons. The van der Waals surface area contributed by atoms with Gasteiger partial charge in [-0.1, -0.05) is 12.1 Å². The molecule has 1 aliphatic heterocycles. The highest BCUT2D eigenvalue weighted by Crippen LogP contribution is 2.25. The molecule has 0 bridgehead atoms. The predicted molar refractivity (Wildman–Crippen MR) is 109 cm³/mol. The standard InChI is InChI=1S/C21H26N2O5S/c1-27-18-8-10-20(11-9-18)29(25,26)23-12-4-6-17(15-23)21(24)22-14-16-5-3-7-19(13-16)28-2/h3,5,7-11,13,17H,4,6,12,14-15H2,1-2H3,(H,22,24)/t17-/m0/s1. The molecule has 1 saturated heterocycles. The van der Waals surface area contributed by atoms with Crippen molar-refractivity contribution in [1.29, 1.82) is 0 Å². The molecule has 1 fully saturated rings. The van der Waals surface area contributed by atoms with E-state index < -0.39 is 10.0 Å². The van der Waals surface area contributed by atoms with Crippen molar-refractivity contribution in [2.75, 3.05) is 27.3 Å². The Balaban J connectivity index is 1.63. The largest absolute Gasteiger partial charge is 0.497 e. The molecule has 7 nitrogen and oxygen atoms in total. The zero-order valence-electron chi connectivity index (χ0n) is 16.6. The molecular formula is C21H26N2O5S. The Morgan fingerprint density at radius 3 is 2.52 bits per heavy atom. The van der Waals surface area contributed by atoms with Crippen molar-refractivity contribution in [3.05, 3.63) is 54.1 Å². The van der Waals surface area contributed by atoms with Crippen LogP contribution in [0.3, 0.4) is 0 Å². The van der Waals surface area contributed by atoms with Gasteiger partial charge in [0.1, 0.15) is 11.5 Å². The molecule has 1 N–H and O–H groups in total. The zero-order valence-corrected chi connectivity index (χ0v) is 17.4. The number of nitrogens with zero attached hydrogens (tertiary/aromatic N) is 1. The quantitative estimate of drug-likeness (QED) is 0.747. The fraction of sp³-hybridized carbons (Fsp3) is 0.381. The van der Waals surface area contributed by atoms with Gasteiger partial charge in [0.2, 0.25) is 15.9 Å². The molecule has 0 aromatic heterocycles. The molecule has 1 amide bonds. The van der Waals surface area contributed by atoms with E-state index in [4.69, 9.17) is 9.47 Å². The summed E-state index contributed by atoms with van der Waals surface area (Å²) in [4.78, 5) is 12.8. The maximum absolute atomic E-state index is 12.9. The van der Waals surface area contributed by atoms with E-state index in [1.807, 2.05) is 24.3 Å². The van der Waals surface area contributed by atoms with Crippen LogP contribution in [-0.2, 0) is 21.4 Å². The lowest BCUT2D eigenvalue weighted by Crippen LogP contribution is -2.45. The van der Waals surface area contributed by atoms with Gasteiger partial charge in [0, 0.05) is 19.6 Å². The molecule has 0 radical (unpaired) electrons. The molecule has 2 aromatic rings. The van der Waals surface area contributed by atoms with Crippen LogP contribution >= 0.6 is 0 Å². The fourth-order valence-corrected chi connectivity index (χ4v) is 4.91. The summed E-state index contributed by atoms with van der Waals surface area (Å²) in [7, 11) is -0.523. The monoisotopic (exact) mass is 418 g/mol. The van der Waals surface area contributed by atoms with Crippen LogP contribution < -0.4 is 14.8 Å². The van der Waals surface area contributed by atoms with Gasteiger partial charge in [-0.2, -0.15) is 4.31 Å². The van der Waals surface area contributed by atoms with Gasteiger partial charge in [0.25, 0.3) is 0 Å². The Kier molecular flexibility index (Phi) is 6.76. The van der Waals surface area contributed by atoms with Gasteiger partial charge in [-0.15, -0.1) is 0 Å². The molecule has 0 saturated carbocycles. The summed E-state index contributed by atoms with van der Waals surface area (Å²) in [5, 5.41) is 2.91. The second kappa shape index (κ2) is 9.28. The van der Waals surface area contributed by atoms with Crippen LogP contribution in [0.25, 0.3) is 0 Å². The van der Waals surface area contributed by atoms with Crippen LogP contribution in [0.15, 0.2) is 53.4 Å². The van der Waals surface area contributed by atoms with E-state index >= 15 is 0 Å². The van der Waals surface area contributed by atoms with Crippen molar-refractivity contribution >= 4 is 15.9 Å². The van der Waals surface area contributed by atoms with Crippen LogP contribution in [0.4, 0.5) is 0 Å². The van der Waals surface area contributed by atoms with E-state index in [-0.39, 0.29) is 23.3 Å². The Hall–Kier alpha value is -2.58. The number of carbonyl (C=O) groups excluding carboxylic acids is 1. The highest BCUT2D eigenvalue weighted by molar-refractivity contribution is 7.89. The number of methoxy groups -OCH3 is 2. The number of piperidine rings is 1. The summed E-state index contributed by atoms with van der Waals surface area (Å²) in [6.45, 7) is 0.962. The average molecular weight is 419 g/mol. The normalized spacial score (nSPS) is 17.5. The highest BCUT2D eigenvalue weighted by Gasteiger charge is 2.33. The first kappa shape index (κ1) is 21.1. The van der Waals surface area contributed by atoms with Gasteiger partial charge in [-0.05, 0) is 54.8 Å². The minimum Gasteiger partial charge on any atom is -0.497 e. The average Bonchev–Trinajstić information content (AvgIpc) is 2.77. The van der Waals surface area contributed by atoms with Crippen LogP contribution in [0, 0.1) is 5.92 Å². The Morgan fingerprint density at radius 1 is 1.10 bits per heavy atom. The van der Waals surface area contributed by atoms with Crippen LogP contribution in [0.2, 0.25) is 0 Å². The summed E-state index contributed by atoms with van der Waals surface area (Å²) in [6.07, 6.45) is 1.31. The molecule has 0 aliphatic carbocycles. The van der Waals surface area contributed by atoms with Crippen LogP contribution in [0.1, 0.15) is 18.4 Å². The lowest BCUT2D eigenvalue weighted by Gasteiger charge is -2.31. The topological polar surface area (TPSA) is 84.9 Å². The minimum absolute atomic E-state index is 0.137. The third kappa shape index (κ3) is 5.07. The molecule has 0 unspecified atom stereocenters. The number of hydrogen-bond donors (Lipinski definition) is 1. The second-order valence-corrected chi connectivity index (χ2v) is 8.89. The van der Waals surface area contributed by atoms with E-state index in [2.05, 4.69) is 5.32 Å². The van der Waals surface area contributed by atoms with E-state index in [0.717, 1.165) is 11.3 Å².